The zero-order valence-electron chi connectivity index (χ0n) is 25.8. The molecule has 3 heterocycles. The second kappa shape index (κ2) is 12.4. The van der Waals surface area contributed by atoms with Gasteiger partial charge in [0.1, 0.15) is 11.6 Å². The number of rotatable bonds is 7. The van der Waals surface area contributed by atoms with Crippen LogP contribution in [0.25, 0.3) is 11.7 Å². The van der Waals surface area contributed by atoms with E-state index in [4.69, 9.17) is 14.8 Å². The molecule has 0 bridgehead atoms. The van der Waals surface area contributed by atoms with E-state index in [1.165, 1.54) is 16.0 Å². The standard InChI is InChI=1S/C32H44N6O3/c1-9-27-26(29-33-22(2)19-23(3)38(29)34-27)20-25-14-12-24(13-15-25)11-10-16-36-17-18-37(31(40)41-32(4,5)6)28(21-36)30(39)35(7)8/h10-15,19,28H,9,16-18,20-21H2,1-8H3. The first-order valence-electron chi connectivity index (χ1n) is 14.4. The SMILES string of the molecule is CCc1nn2c(C)cc(C)nc2c1Cc1ccc(C=CCN2CCN(C(=O)OC(C)(C)C)C(C(=O)N(C)C)C2)cc1. The first kappa shape index (κ1) is 30.2. The number of hydrogen-bond donors (Lipinski definition) is 0. The number of benzene rings is 1. The molecule has 9 nitrogen and oxygen atoms in total. The van der Waals surface area contributed by atoms with Crippen LogP contribution in [0.1, 0.15) is 61.5 Å². The zero-order chi connectivity index (χ0) is 29.9. The number of carbonyl (C=O) groups is 2. The first-order chi connectivity index (χ1) is 19.4. The van der Waals surface area contributed by atoms with E-state index in [9.17, 15) is 9.59 Å². The Morgan fingerprint density at radius 3 is 2.46 bits per heavy atom. The van der Waals surface area contributed by atoms with Crippen molar-refractivity contribution < 1.29 is 14.3 Å². The molecule has 9 heteroatoms. The summed E-state index contributed by atoms with van der Waals surface area (Å²) < 4.78 is 7.53. The van der Waals surface area contributed by atoms with Crippen molar-refractivity contribution in [2.75, 3.05) is 40.3 Å². The Kier molecular flexibility index (Phi) is 9.17. The number of nitrogens with zero attached hydrogens (tertiary/aromatic N) is 6. The summed E-state index contributed by atoms with van der Waals surface area (Å²) in [6.07, 6.45) is 5.43. The number of aromatic nitrogens is 3. The minimum absolute atomic E-state index is 0.0990. The van der Waals surface area contributed by atoms with E-state index in [1.807, 2.05) is 32.2 Å². The molecule has 4 rings (SSSR count). The molecule has 0 saturated carbocycles. The van der Waals surface area contributed by atoms with Crippen LogP contribution in [0.2, 0.25) is 0 Å². The van der Waals surface area contributed by atoms with E-state index >= 15 is 0 Å². The van der Waals surface area contributed by atoms with E-state index < -0.39 is 17.7 Å². The predicted molar refractivity (Wildman–Crippen MR) is 162 cm³/mol. The summed E-state index contributed by atoms with van der Waals surface area (Å²) >= 11 is 0. The summed E-state index contributed by atoms with van der Waals surface area (Å²) in [5.74, 6) is -0.0990. The van der Waals surface area contributed by atoms with Crippen molar-refractivity contribution in [3.05, 3.63) is 70.2 Å². The molecular formula is C32H44N6O3. The van der Waals surface area contributed by atoms with E-state index in [2.05, 4.69) is 61.2 Å². The molecule has 41 heavy (non-hydrogen) atoms. The van der Waals surface area contributed by atoms with Gasteiger partial charge < -0.3 is 9.64 Å². The number of piperazine rings is 1. The third kappa shape index (κ3) is 7.33. The number of likely N-dealkylation sites (N-methyl/N-ethyl adjacent to an activating group) is 1. The summed E-state index contributed by atoms with van der Waals surface area (Å²) in [7, 11) is 3.44. The van der Waals surface area contributed by atoms with Gasteiger partial charge in [0.05, 0.1) is 5.69 Å². The van der Waals surface area contributed by atoms with Gasteiger partial charge in [0, 0.05) is 63.6 Å². The van der Waals surface area contributed by atoms with Crippen molar-refractivity contribution in [1.29, 1.82) is 0 Å². The normalized spacial score (nSPS) is 16.5. The zero-order valence-corrected chi connectivity index (χ0v) is 25.8. The molecule has 1 unspecified atom stereocenters. The molecule has 1 aliphatic heterocycles. The highest BCUT2D eigenvalue weighted by molar-refractivity contribution is 5.86. The Hall–Kier alpha value is -3.72. The number of amides is 2. The van der Waals surface area contributed by atoms with Crippen LogP contribution in [0.4, 0.5) is 4.79 Å². The Morgan fingerprint density at radius 1 is 1.12 bits per heavy atom. The monoisotopic (exact) mass is 560 g/mol. The number of carbonyl (C=O) groups excluding carboxylic acids is 2. The van der Waals surface area contributed by atoms with Crippen LogP contribution in [0.15, 0.2) is 36.4 Å². The minimum Gasteiger partial charge on any atom is -0.444 e. The molecule has 1 aromatic carbocycles. The molecule has 1 atom stereocenters. The topological polar surface area (TPSA) is 83.3 Å². The van der Waals surface area contributed by atoms with Crippen LogP contribution >= 0.6 is 0 Å². The average molecular weight is 561 g/mol. The van der Waals surface area contributed by atoms with Gasteiger partial charge in [-0.15, -0.1) is 0 Å². The Bertz CT molecular complexity index is 1420. The molecule has 220 valence electrons. The van der Waals surface area contributed by atoms with Crippen LogP contribution in [0.5, 0.6) is 0 Å². The summed E-state index contributed by atoms with van der Waals surface area (Å²) in [6.45, 7) is 14.0. The number of aryl methyl sites for hydroxylation is 3. The molecule has 2 aromatic heterocycles. The summed E-state index contributed by atoms with van der Waals surface area (Å²) in [5, 5.41) is 4.81. The van der Waals surface area contributed by atoms with Gasteiger partial charge in [-0.1, -0.05) is 43.3 Å². The lowest BCUT2D eigenvalue weighted by atomic mass is 10.0. The van der Waals surface area contributed by atoms with Gasteiger partial charge in [-0.25, -0.2) is 14.3 Å². The van der Waals surface area contributed by atoms with Crippen molar-refractivity contribution >= 4 is 23.7 Å². The van der Waals surface area contributed by atoms with Gasteiger partial charge in [-0.05, 0) is 58.2 Å². The highest BCUT2D eigenvalue weighted by Crippen LogP contribution is 2.22. The maximum Gasteiger partial charge on any atom is 0.411 e. The Labute approximate surface area is 243 Å². The van der Waals surface area contributed by atoms with Crippen molar-refractivity contribution in [1.82, 2.24) is 29.3 Å². The molecule has 0 N–H and O–H groups in total. The summed E-state index contributed by atoms with van der Waals surface area (Å²) in [6, 6.07) is 10.1. The van der Waals surface area contributed by atoms with E-state index in [-0.39, 0.29) is 5.91 Å². The maximum absolute atomic E-state index is 12.9. The quantitative estimate of drug-likeness (QED) is 0.423. The van der Waals surface area contributed by atoms with Crippen LogP contribution in [0, 0.1) is 13.8 Å². The van der Waals surface area contributed by atoms with Gasteiger partial charge in [-0.3, -0.25) is 14.6 Å². The molecule has 0 aliphatic carbocycles. The van der Waals surface area contributed by atoms with Crippen LogP contribution < -0.4 is 0 Å². The lowest BCUT2D eigenvalue weighted by Gasteiger charge is -2.41. The molecule has 1 aliphatic rings. The van der Waals surface area contributed by atoms with E-state index in [0.29, 0.717) is 26.2 Å². The van der Waals surface area contributed by atoms with Gasteiger partial charge >= 0.3 is 6.09 Å². The van der Waals surface area contributed by atoms with Crippen LogP contribution in [0.3, 0.4) is 0 Å². The van der Waals surface area contributed by atoms with Crippen molar-refractivity contribution in [3.63, 3.8) is 0 Å². The Morgan fingerprint density at radius 2 is 1.83 bits per heavy atom. The van der Waals surface area contributed by atoms with Crippen molar-refractivity contribution in [2.45, 2.75) is 66.0 Å². The number of hydrogen-bond acceptors (Lipinski definition) is 6. The molecule has 0 radical (unpaired) electrons. The number of fused-ring (bicyclic) bond motifs is 1. The lowest BCUT2D eigenvalue weighted by molar-refractivity contribution is -0.136. The van der Waals surface area contributed by atoms with Crippen molar-refractivity contribution in [3.8, 4) is 0 Å². The molecule has 3 aromatic rings. The van der Waals surface area contributed by atoms with Gasteiger partial charge in [0.15, 0.2) is 5.65 Å². The lowest BCUT2D eigenvalue weighted by Crippen LogP contribution is -2.60. The third-order valence-electron chi connectivity index (χ3n) is 7.26. The Balaban J connectivity index is 1.40. The highest BCUT2D eigenvalue weighted by atomic mass is 16.6. The second-order valence-corrected chi connectivity index (χ2v) is 12.1. The van der Waals surface area contributed by atoms with Crippen molar-refractivity contribution in [2.24, 2.45) is 0 Å². The first-order valence-corrected chi connectivity index (χ1v) is 14.4. The van der Waals surface area contributed by atoms with E-state index in [0.717, 1.165) is 41.1 Å². The van der Waals surface area contributed by atoms with Gasteiger partial charge in [-0.2, -0.15) is 5.10 Å². The van der Waals surface area contributed by atoms with E-state index in [1.54, 1.807) is 19.0 Å². The fraction of sp³-hybridized carbons (Fsp3) is 0.500. The molecule has 1 fully saturated rings. The second-order valence-electron chi connectivity index (χ2n) is 12.1. The fourth-order valence-electron chi connectivity index (χ4n) is 5.22. The number of ether oxygens (including phenoxy) is 1. The van der Waals surface area contributed by atoms with Gasteiger partial charge in [0.2, 0.25) is 5.91 Å². The molecular weight excluding hydrogens is 516 g/mol. The van der Waals surface area contributed by atoms with Crippen LogP contribution in [-0.4, -0.2) is 93.2 Å². The fourth-order valence-corrected chi connectivity index (χ4v) is 5.22. The summed E-state index contributed by atoms with van der Waals surface area (Å²) in [4.78, 5) is 35.8. The molecule has 0 spiro atoms. The predicted octanol–water partition coefficient (Wildman–Crippen LogP) is 4.52. The maximum atomic E-state index is 12.9. The largest absolute Gasteiger partial charge is 0.444 e. The average Bonchev–Trinajstić information content (AvgIpc) is 3.25. The molecule has 1 saturated heterocycles. The van der Waals surface area contributed by atoms with Gasteiger partial charge in [0.25, 0.3) is 0 Å². The third-order valence-corrected chi connectivity index (χ3v) is 7.26. The summed E-state index contributed by atoms with van der Waals surface area (Å²) in [5.41, 5.74) is 7.04. The smallest absolute Gasteiger partial charge is 0.411 e. The van der Waals surface area contributed by atoms with Crippen LogP contribution in [-0.2, 0) is 22.4 Å². The minimum atomic E-state index is -0.613. The molecule has 2 amide bonds. The highest BCUT2D eigenvalue weighted by Gasteiger charge is 2.38.